The zero-order chi connectivity index (χ0) is 29.1. The van der Waals surface area contributed by atoms with E-state index >= 15 is 0 Å². The van der Waals surface area contributed by atoms with Crippen molar-refractivity contribution in [1.82, 2.24) is 9.97 Å². The van der Waals surface area contributed by atoms with Gasteiger partial charge >= 0.3 is 0 Å². The van der Waals surface area contributed by atoms with Crippen LogP contribution < -0.4 is 4.90 Å². The van der Waals surface area contributed by atoms with Crippen LogP contribution in [0.4, 0.5) is 5.69 Å². The highest BCUT2D eigenvalue weighted by atomic mass is 35.5. The molecule has 3 aromatic rings. The van der Waals surface area contributed by atoms with Crippen LogP contribution in [0, 0.1) is 22.7 Å². The van der Waals surface area contributed by atoms with Gasteiger partial charge in [0.25, 0.3) is 0 Å². The number of rotatable bonds is 7. The monoisotopic (exact) mass is 620 g/mol. The maximum absolute atomic E-state index is 13.6. The summed E-state index contributed by atoms with van der Waals surface area (Å²) >= 11 is 7.88. The van der Waals surface area contributed by atoms with Gasteiger partial charge in [0, 0.05) is 55.0 Å². The molecule has 4 fully saturated rings. The van der Waals surface area contributed by atoms with Crippen LogP contribution in [-0.4, -0.2) is 47.8 Å². The van der Waals surface area contributed by atoms with E-state index in [-0.39, 0.29) is 23.4 Å². The summed E-state index contributed by atoms with van der Waals surface area (Å²) < 4.78 is 24.6. The van der Waals surface area contributed by atoms with Crippen molar-refractivity contribution in [2.75, 3.05) is 23.7 Å². The lowest BCUT2D eigenvalue weighted by molar-refractivity contribution is -0.125. The minimum atomic E-state index is -3.02. The number of nitriles is 1. The zero-order valence-corrected chi connectivity index (χ0v) is 25.8. The van der Waals surface area contributed by atoms with Crippen LogP contribution in [0.1, 0.15) is 69.4 Å². The van der Waals surface area contributed by atoms with Gasteiger partial charge in [0.1, 0.15) is 10.8 Å². The number of pyridine rings is 1. The number of sulfone groups is 1. The summed E-state index contributed by atoms with van der Waals surface area (Å²) in [4.78, 5) is 26.3. The van der Waals surface area contributed by atoms with Gasteiger partial charge in [0.15, 0.2) is 9.84 Å². The van der Waals surface area contributed by atoms with E-state index in [1.807, 2.05) is 6.07 Å². The Morgan fingerprint density at radius 2 is 1.86 bits per heavy atom. The molecule has 3 aliphatic carbocycles. The summed E-state index contributed by atoms with van der Waals surface area (Å²) in [5, 5.41) is 11.0. The molecule has 1 aromatic carbocycles. The van der Waals surface area contributed by atoms with Crippen molar-refractivity contribution < 1.29 is 13.2 Å². The highest BCUT2D eigenvalue weighted by Gasteiger charge is 2.57. The van der Waals surface area contributed by atoms with Crippen LogP contribution in [0.25, 0.3) is 21.0 Å². The summed E-state index contributed by atoms with van der Waals surface area (Å²) in [7, 11) is -3.02. The van der Waals surface area contributed by atoms with Gasteiger partial charge in [-0.1, -0.05) is 36.6 Å². The Labute approximate surface area is 255 Å². The number of carbonyl (C=O) groups is 1. The highest BCUT2D eigenvalue weighted by Crippen LogP contribution is 2.52. The Morgan fingerprint density at radius 1 is 1.10 bits per heavy atom. The molecule has 0 bridgehead atoms. The van der Waals surface area contributed by atoms with Crippen LogP contribution in [0.3, 0.4) is 0 Å². The first-order chi connectivity index (χ1) is 20.2. The number of benzene rings is 1. The molecule has 0 radical (unpaired) electrons. The topological polar surface area (TPSA) is 104 Å². The van der Waals surface area contributed by atoms with Gasteiger partial charge in [-0.2, -0.15) is 5.26 Å². The van der Waals surface area contributed by atoms with Gasteiger partial charge in [-0.15, -0.1) is 11.3 Å². The molecule has 2 atom stereocenters. The molecule has 1 aliphatic heterocycles. The summed E-state index contributed by atoms with van der Waals surface area (Å²) in [5.74, 6) is 0.261. The quantitative estimate of drug-likeness (QED) is 0.285. The first-order valence-electron chi connectivity index (χ1n) is 14.8. The first-order valence-corrected chi connectivity index (χ1v) is 17.7. The van der Waals surface area contributed by atoms with Crippen LogP contribution in [0.15, 0.2) is 42.7 Å². The van der Waals surface area contributed by atoms with Gasteiger partial charge in [0.05, 0.1) is 37.6 Å². The van der Waals surface area contributed by atoms with Crippen LogP contribution in [-0.2, 0) is 14.6 Å². The number of aromatic nitrogens is 2. The third kappa shape index (κ3) is 5.06. The van der Waals surface area contributed by atoms with Crippen molar-refractivity contribution in [3.8, 4) is 27.1 Å². The van der Waals surface area contributed by atoms with Crippen LogP contribution in [0.5, 0.6) is 0 Å². The largest absolute Gasteiger partial charge is 0.369 e. The standard InChI is InChI=1S/C32H33ClN4O3S2/c33-23-15-22(17-35-18-23)30-36-28(26-4-2-1-3-25(26)27(38)16-31(19-34)9-10-31)29(41-30)21-5-7-24(8-6-21)37-13-14-42(39,40)32(20-37)11-12-32/h5-8,15,17-18,25-26H,1-4,9-14,16,20H2/t25-,26-/m1/s1. The number of ketones is 1. The Morgan fingerprint density at radius 3 is 2.55 bits per heavy atom. The average Bonchev–Trinajstić information content (AvgIpc) is 3.91. The van der Waals surface area contributed by atoms with E-state index < -0.39 is 20.0 Å². The molecule has 42 heavy (non-hydrogen) atoms. The van der Waals surface area contributed by atoms with Crippen molar-refractivity contribution in [2.24, 2.45) is 11.3 Å². The van der Waals surface area contributed by atoms with E-state index in [9.17, 15) is 18.5 Å². The average molecular weight is 621 g/mol. The molecule has 7 nitrogen and oxygen atoms in total. The number of hydrogen-bond donors (Lipinski definition) is 0. The lowest BCUT2D eigenvalue weighted by atomic mass is 9.73. The normalized spacial score (nSPS) is 25.1. The van der Waals surface area contributed by atoms with Gasteiger partial charge < -0.3 is 4.90 Å². The predicted molar refractivity (Wildman–Crippen MR) is 165 cm³/mol. The molecule has 0 N–H and O–H groups in total. The molecular weight excluding hydrogens is 588 g/mol. The summed E-state index contributed by atoms with van der Waals surface area (Å²) in [6.07, 6.45) is 10.6. The molecule has 4 aliphatic rings. The lowest BCUT2D eigenvalue weighted by Gasteiger charge is -2.34. The number of carbonyl (C=O) groups excluding carboxylic acids is 1. The predicted octanol–water partition coefficient (Wildman–Crippen LogP) is 6.83. The van der Waals surface area contributed by atoms with Gasteiger partial charge in [-0.25, -0.2) is 13.4 Å². The van der Waals surface area contributed by atoms with E-state index in [4.69, 9.17) is 16.6 Å². The summed E-state index contributed by atoms with van der Waals surface area (Å²) in [6, 6.07) is 12.6. The Balaban J connectivity index is 1.23. The van der Waals surface area contributed by atoms with E-state index in [2.05, 4.69) is 40.2 Å². The fraction of sp³-hybridized carbons (Fsp3) is 0.500. The smallest absolute Gasteiger partial charge is 0.159 e. The van der Waals surface area contributed by atoms with Crippen LogP contribution >= 0.6 is 22.9 Å². The molecule has 3 heterocycles. The Bertz CT molecular complexity index is 1690. The number of anilines is 1. The number of nitrogens with zero attached hydrogens (tertiary/aromatic N) is 4. The van der Waals surface area contributed by atoms with E-state index in [1.54, 1.807) is 23.7 Å². The van der Waals surface area contributed by atoms with E-state index in [0.717, 1.165) is 83.8 Å². The second-order valence-electron chi connectivity index (χ2n) is 12.6. The summed E-state index contributed by atoms with van der Waals surface area (Å²) in [6.45, 7) is 1.07. The number of Topliss-reactive ketones (excluding diaryl/α,β-unsaturated/α-hetero) is 1. The minimum absolute atomic E-state index is 0.00501. The van der Waals surface area contributed by atoms with Crippen molar-refractivity contribution in [3.63, 3.8) is 0 Å². The molecule has 7 rings (SSSR count). The Hall–Kier alpha value is -2.80. The lowest BCUT2D eigenvalue weighted by Crippen LogP contribution is -2.48. The number of thiazole rings is 1. The van der Waals surface area contributed by atoms with E-state index in [1.165, 1.54) is 0 Å². The molecule has 0 unspecified atom stereocenters. The molecule has 218 valence electrons. The molecule has 1 spiro atoms. The van der Waals surface area contributed by atoms with E-state index in [0.29, 0.717) is 24.5 Å². The molecule has 10 heteroatoms. The van der Waals surface area contributed by atoms with Crippen molar-refractivity contribution in [1.29, 1.82) is 5.26 Å². The third-order valence-electron chi connectivity index (χ3n) is 9.81. The minimum Gasteiger partial charge on any atom is -0.369 e. The highest BCUT2D eigenvalue weighted by molar-refractivity contribution is 7.93. The Kier molecular flexibility index (Phi) is 6.95. The van der Waals surface area contributed by atoms with Gasteiger partial charge in [-0.05, 0) is 62.3 Å². The first kappa shape index (κ1) is 28.0. The fourth-order valence-electron chi connectivity index (χ4n) is 6.85. The SMILES string of the molecule is N#CC1(CC(=O)[C@@H]2CCCC[C@H]2c2nc(-c3cncc(Cl)c3)sc2-c2ccc(N3CCS(=O)(=O)C4(CC4)C3)cc2)CC1. The second-order valence-corrected chi connectivity index (χ2v) is 16.6. The van der Waals surface area contributed by atoms with Crippen molar-refractivity contribution in [3.05, 3.63) is 53.4 Å². The van der Waals surface area contributed by atoms with Crippen molar-refractivity contribution in [2.45, 2.75) is 68.5 Å². The molecule has 3 saturated carbocycles. The fourth-order valence-corrected chi connectivity index (χ4v) is 10.1. The molecule has 1 saturated heterocycles. The maximum Gasteiger partial charge on any atom is 0.159 e. The number of halogens is 1. The van der Waals surface area contributed by atoms with Gasteiger partial charge in [0.2, 0.25) is 0 Å². The van der Waals surface area contributed by atoms with Crippen molar-refractivity contribution >= 4 is 44.2 Å². The molecule has 0 amide bonds. The number of hydrogen-bond acceptors (Lipinski definition) is 8. The summed E-state index contributed by atoms with van der Waals surface area (Å²) in [5.41, 5.74) is 3.40. The molecule has 2 aromatic heterocycles. The van der Waals surface area contributed by atoms with Gasteiger partial charge in [-0.3, -0.25) is 9.78 Å². The maximum atomic E-state index is 13.6. The van der Waals surface area contributed by atoms with Crippen LogP contribution in [0.2, 0.25) is 5.02 Å². The second kappa shape index (κ2) is 10.4. The zero-order valence-electron chi connectivity index (χ0n) is 23.4. The molecular formula is C32H33ClN4O3S2. The third-order valence-corrected chi connectivity index (χ3v) is 13.8.